The summed E-state index contributed by atoms with van der Waals surface area (Å²) in [4.78, 5) is 15.5. The average Bonchev–Trinajstić information content (AvgIpc) is 2.64. The molecule has 1 saturated heterocycles. The number of fused-ring (bicyclic) bond motifs is 1. The number of hydrogen-bond acceptors (Lipinski definition) is 5. The molecule has 2 heterocycles. The van der Waals surface area contributed by atoms with Gasteiger partial charge in [-0.2, -0.15) is 0 Å². The number of Topliss-reactive ketones (excluding diaryl/α,β-unsaturated/α-hetero) is 1. The second-order valence-corrected chi connectivity index (χ2v) is 8.25. The Bertz CT molecular complexity index is 694. The number of aliphatic hydroxyl groups excluding tert-OH is 1. The third kappa shape index (κ3) is 3.82. The Kier molecular flexibility index (Phi) is 5.35. The van der Waals surface area contributed by atoms with Crippen molar-refractivity contribution in [3.8, 4) is 0 Å². The van der Waals surface area contributed by atoms with E-state index in [-0.39, 0.29) is 35.9 Å². The summed E-state index contributed by atoms with van der Waals surface area (Å²) in [5.41, 5.74) is 1.56. The first kappa shape index (κ1) is 18.7. The van der Waals surface area contributed by atoms with Crippen LogP contribution in [0, 0.1) is 11.8 Å². The zero-order chi connectivity index (χ0) is 19.0. The predicted octanol–water partition coefficient (Wildman–Crippen LogP) is 2.49. The van der Waals surface area contributed by atoms with Crippen LogP contribution in [0.4, 0.5) is 0 Å². The highest BCUT2D eigenvalue weighted by molar-refractivity contribution is 6.22. The summed E-state index contributed by atoms with van der Waals surface area (Å²) >= 11 is 0. The second-order valence-electron chi connectivity index (χ2n) is 8.25. The lowest BCUT2D eigenvalue weighted by Crippen LogP contribution is -2.55. The second kappa shape index (κ2) is 7.74. The van der Waals surface area contributed by atoms with E-state index in [1.165, 1.54) is 0 Å². The maximum atomic E-state index is 13.1. The number of allylic oxidation sites excluding steroid dienone is 1. The number of rotatable bonds is 3. The van der Waals surface area contributed by atoms with Gasteiger partial charge in [0, 0.05) is 25.6 Å². The van der Waals surface area contributed by atoms with Crippen LogP contribution in [0.15, 0.2) is 36.6 Å². The molecule has 0 amide bonds. The van der Waals surface area contributed by atoms with Crippen molar-refractivity contribution in [1.82, 2.24) is 4.90 Å². The molecule has 0 aromatic heterocycles. The van der Waals surface area contributed by atoms with Gasteiger partial charge in [-0.25, -0.2) is 0 Å². The smallest absolute Gasteiger partial charge is 0.173 e. The molecule has 5 nitrogen and oxygen atoms in total. The van der Waals surface area contributed by atoms with Crippen LogP contribution >= 0.6 is 0 Å². The van der Waals surface area contributed by atoms with E-state index in [1.807, 2.05) is 30.3 Å². The van der Waals surface area contributed by atoms with Crippen LogP contribution in [0.5, 0.6) is 0 Å². The first-order chi connectivity index (χ1) is 13.0. The molecule has 1 N–H and O–H groups in total. The van der Waals surface area contributed by atoms with Crippen LogP contribution in [-0.4, -0.2) is 59.8 Å². The lowest BCUT2D eigenvalue weighted by molar-refractivity contribution is -0.137. The normalized spacial score (nSPS) is 37.3. The van der Waals surface area contributed by atoms with Gasteiger partial charge in [0.1, 0.15) is 6.10 Å². The van der Waals surface area contributed by atoms with Crippen molar-refractivity contribution in [2.24, 2.45) is 11.8 Å². The molecule has 2 fully saturated rings. The highest BCUT2D eigenvalue weighted by atomic mass is 16.5. The third-order valence-electron chi connectivity index (χ3n) is 6.08. The van der Waals surface area contributed by atoms with Crippen LogP contribution in [0.1, 0.15) is 32.3 Å². The number of morpholine rings is 1. The van der Waals surface area contributed by atoms with Gasteiger partial charge in [-0.3, -0.25) is 9.69 Å². The molecule has 5 heteroatoms. The van der Waals surface area contributed by atoms with E-state index in [0.717, 1.165) is 25.2 Å². The monoisotopic (exact) mass is 371 g/mol. The molecule has 1 aliphatic carbocycles. The molecule has 0 spiro atoms. The summed E-state index contributed by atoms with van der Waals surface area (Å²) < 4.78 is 11.9. The molecule has 6 atom stereocenters. The Morgan fingerprint density at radius 1 is 1.11 bits per heavy atom. The summed E-state index contributed by atoms with van der Waals surface area (Å²) in [6.07, 6.45) is 2.64. The molecule has 4 rings (SSSR count). The van der Waals surface area contributed by atoms with Crippen molar-refractivity contribution in [2.45, 2.75) is 51.1 Å². The fourth-order valence-corrected chi connectivity index (χ4v) is 4.91. The summed E-state index contributed by atoms with van der Waals surface area (Å²) in [5, 5.41) is 10.7. The molecule has 3 aliphatic rings. The molecular formula is C22H29NO4. The van der Waals surface area contributed by atoms with Gasteiger partial charge in [-0.05, 0) is 32.3 Å². The lowest BCUT2D eigenvalue weighted by atomic mass is 9.72. The van der Waals surface area contributed by atoms with Crippen molar-refractivity contribution < 1.29 is 19.4 Å². The molecule has 1 saturated carbocycles. The number of ketones is 1. The van der Waals surface area contributed by atoms with Crippen molar-refractivity contribution in [1.29, 1.82) is 0 Å². The number of aliphatic hydroxyl groups is 1. The van der Waals surface area contributed by atoms with E-state index < -0.39 is 6.10 Å². The van der Waals surface area contributed by atoms with E-state index in [0.29, 0.717) is 18.4 Å². The summed E-state index contributed by atoms with van der Waals surface area (Å²) in [5.74, 6) is -0.0775. The van der Waals surface area contributed by atoms with Crippen LogP contribution in [0.3, 0.4) is 0 Å². The largest absolute Gasteiger partial charge is 0.496 e. The van der Waals surface area contributed by atoms with Gasteiger partial charge in [-0.15, -0.1) is 0 Å². The average molecular weight is 371 g/mol. The number of benzene rings is 1. The minimum atomic E-state index is -0.431. The maximum absolute atomic E-state index is 13.1. The highest BCUT2D eigenvalue weighted by Gasteiger charge is 2.47. The van der Waals surface area contributed by atoms with Gasteiger partial charge in [0.25, 0.3) is 0 Å². The molecule has 27 heavy (non-hydrogen) atoms. The first-order valence-electron chi connectivity index (χ1n) is 10.0. The number of hydrogen-bond donors (Lipinski definition) is 1. The number of carbonyl (C=O) groups is 1. The standard InChI is InChI=1S/C22H29NO4/c1-14-10-23(11-15(2)27-14)12-18-20(24)9-8-17-21(25)19(13-26-22(17)18)16-6-4-3-5-7-16/h3-7,13-15,17-18,20,22,24H,8-12H2,1-2H3. The Morgan fingerprint density at radius 3 is 2.52 bits per heavy atom. The summed E-state index contributed by atoms with van der Waals surface area (Å²) in [7, 11) is 0. The van der Waals surface area contributed by atoms with Crippen molar-refractivity contribution in [3.05, 3.63) is 42.2 Å². The van der Waals surface area contributed by atoms with Gasteiger partial charge in [0.2, 0.25) is 0 Å². The maximum Gasteiger partial charge on any atom is 0.173 e. The Labute approximate surface area is 161 Å². The quantitative estimate of drug-likeness (QED) is 0.885. The van der Waals surface area contributed by atoms with E-state index in [1.54, 1.807) is 6.26 Å². The number of carbonyl (C=O) groups excluding carboxylic acids is 1. The molecule has 1 aromatic carbocycles. The fraction of sp³-hybridized carbons (Fsp3) is 0.591. The summed E-state index contributed by atoms with van der Waals surface area (Å²) in [6, 6.07) is 9.70. The summed E-state index contributed by atoms with van der Waals surface area (Å²) in [6.45, 7) is 6.60. The Morgan fingerprint density at radius 2 is 1.81 bits per heavy atom. The molecule has 6 unspecified atom stereocenters. The predicted molar refractivity (Wildman–Crippen MR) is 103 cm³/mol. The molecule has 1 aromatic rings. The molecular weight excluding hydrogens is 342 g/mol. The minimum Gasteiger partial charge on any atom is -0.496 e. The molecule has 146 valence electrons. The van der Waals surface area contributed by atoms with Crippen molar-refractivity contribution in [3.63, 3.8) is 0 Å². The van der Waals surface area contributed by atoms with Crippen LogP contribution in [0.25, 0.3) is 5.57 Å². The number of nitrogens with zero attached hydrogens (tertiary/aromatic N) is 1. The van der Waals surface area contributed by atoms with Crippen LogP contribution < -0.4 is 0 Å². The first-order valence-corrected chi connectivity index (χ1v) is 10.0. The fourth-order valence-electron chi connectivity index (χ4n) is 4.91. The van der Waals surface area contributed by atoms with Crippen LogP contribution in [-0.2, 0) is 14.3 Å². The van der Waals surface area contributed by atoms with E-state index in [4.69, 9.17) is 9.47 Å². The zero-order valence-corrected chi connectivity index (χ0v) is 16.1. The zero-order valence-electron chi connectivity index (χ0n) is 16.1. The van der Waals surface area contributed by atoms with Gasteiger partial charge in [0.15, 0.2) is 5.78 Å². The lowest BCUT2D eigenvalue weighted by Gasteiger charge is -2.45. The molecule has 0 bridgehead atoms. The van der Waals surface area contributed by atoms with Gasteiger partial charge in [0.05, 0.1) is 36.1 Å². The van der Waals surface area contributed by atoms with Gasteiger partial charge >= 0.3 is 0 Å². The number of ether oxygens (including phenoxy) is 2. The highest BCUT2D eigenvalue weighted by Crippen LogP contribution is 2.39. The minimum absolute atomic E-state index is 0.0567. The van der Waals surface area contributed by atoms with E-state index >= 15 is 0 Å². The third-order valence-corrected chi connectivity index (χ3v) is 6.08. The molecule has 2 aliphatic heterocycles. The topological polar surface area (TPSA) is 59.0 Å². The van der Waals surface area contributed by atoms with Gasteiger partial charge in [-0.1, -0.05) is 30.3 Å². The Hall–Kier alpha value is -1.69. The SMILES string of the molecule is CC1CN(CC2C(O)CCC3C(=O)C(c4ccccc4)=COC32)CC(C)O1. The van der Waals surface area contributed by atoms with Crippen molar-refractivity contribution in [2.75, 3.05) is 19.6 Å². The van der Waals surface area contributed by atoms with Gasteiger partial charge < -0.3 is 14.6 Å². The van der Waals surface area contributed by atoms with Crippen molar-refractivity contribution >= 4 is 11.4 Å². The van der Waals surface area contributed by atoms with E-state index in [2.05, 4.69) is 18.7 Å². The van der Waals surface area contributed by atoms with E-state index in [9.17, 15) is 9.90 Å². The van der Waals surface area contributed by atoms with Crippen LogP contribution in [0.2, 0.25) is 0 Å². The Balaban J connectivity index is 1.53. The molecule has 0 radical (unpaired) electrons.